The summed E-state index contributed by atoms with van der Waals surface area (Å²) in [6, 6.07) is 16.6. The molecular formula is C32H40FN5O3Si. The van der Waals surface area contributed by atoms with Gasteiger partial charge in [-0.3, -0.25) is 4.90 Å². The van der Waals surface area contributed by atoms with Crippen LogP contribution in [-0.2, 0) is 16.2 Å². The third kappa shape index (κ3) is 6.08. The lowest BCUT2D eigenvalue weighted by molar-refractivity contribution is -0.0660. The summed E-state index contributed by atoms with van der Waals surface area (Å²) in [5, 5.41) is 0.895. The van der Waals surface area contributed by atoms with Crippen LogP contribution in [-0.4, -0.2) is 86.7 Å². The van der Waals surface area contributed by atoms with Gasteiger partial charge in [-0.05, 0) is 48.5 Å². The van der Waals surface area contributed by atoms with E-state index >= 15 is 0 Å². The molecule has 4 aromatic rings. The van der Waals surface area contributed by atoms with E-state index in [9.17, 15) is 4.39 Å². The predicted molar refractivity (Wildman–Crippen MR) is 167 cm³/mol. The van der Waals surface area contributed by atoms with Crippen LogP contribution in [0.4, 0.5) is 10.1 Å². The molecule has 0 radical (unpaired) electrons. The zero-order valence-electron chi connectivity index (χ0n) is 25.0. The van der Waals surface area contributed by atoms with Crippen LogP contribution in [0.15, 0.2) is 54.9 Å². The van der Waals surface area contributed by atoms with E-state index in [2.05, 4.69) is 68.2 Å². The van der Waals surface area contributed by atoms with Gasteiger partial charge in [0.15, 0.2) is 0 Å². The molecule has 2 fully saturated rings. The number of rotatable bonds is 10. The zero-order valence-corrected chi connectivity index (χ0v) is 26.0. The first kappa shape index (κ1) is 28.8. The summed E-state index contributed by atoms with van der Waals surface area (Å²) in [5.41, 5.74) is 5.48. The number of hydrogen-bond acceptors (Lipinski definition) is 7. The van der Waals surface area contributed by atoms with Crippen LogP contribution in [0, 0.1) is 5.82 Å². The first-order chi connectivity index (χ1) is 20.3. The van der Waals surface area contributed by atoms with Crippen molar-refractivity contribution in [2.75, 3.05) is 58.0 Å². The molecule has 0 saturated carbocycles. The quantitative estimate of drug-likeness (QED) is 0.173. The molecule has 6 rings (SSSR count). The maximum absolute atomic E-state index is 13.7. The van der Waals surface area contributed by atoms with Crippen LogP contribution in [0.3, 0.4) is 0 Å². The molecule has 0 amide bonds. The van der Waals surface area contributed by atoms with Crippen molar-refractivity contribution in [1.29, 1.82) is 0 Å². The number of fused-ring (bicyclic) bond motifs is 1. The smallest absolute Gasteiger partial charge is 0.146 e. The van der Waals surface area contributed by atoms with Gasteiger partial charge in [-0.25, -0.2) is 14.4 Å². The van der Waals surface area contributed by atoms with Crippen molar-refractivity contribution in [3.05, 3.63) is 60.7 Å². The Morgan fingerprint density at radius 2 is 1.69 bits per heavy atom. The van der Waals surface area contributed by atoms with Gasteiger partial charge in [-0.15, -0.1) is 0 Å². The van der Waals surface area contributed by atoms with Crippen molar-refractivity contribution >= 4 is 24.8 Å². The van der Waals surface area contributed by atoms with Crippen molar-refractivity contribution < 1.29 is 18.6 Å². The Morgan fingerprint density at radius 1 is 0.952 bits per heavy atom. The molecule has 0 spiro atoms. The second-order valence-corrected chi connectivity index (χ2v) is 18.0. The van der Waals surface area contributed by atoms with Gasteiger partial charge in [-0.1, -0.05) is 25.7 Å². The van der Waals surface area contributed by atoms with Crippen LogP contribution < -0.4 is 9.64 Å². The minimum atomic E-state index is -1.23. The van der Waals surface area contributed by atoms with Crippen LogP contribution in [0.5, 0.6) is 5.75 Å². The molecule has 0 N–H and O–H groups in total. The summed E-state index contributed by atoms with van der Waals surface area (Å²) in [5.74, 6) is 0.568. The Kier molecular flexibility index (Phi) is 8.31. The molecule has 42 heavy (non-hydrogen) atoms. The molecule has 2 aliphatic rings. The first-order valence-electron chi connectivity index (χ1n) is 14.7. The lowest BCUT2D eigenvalue weighted by atomic mass is 10.1. The van der Waals surface area contributed by atoms with Crippen molar-refractivity contribution in [2.45, 2.75) is 38.5 Å². The number of anilines is 1. The van der Waals surface area contributed by atoms with E-state index in [1.165, 1.54) is 12.1 Å². The summed E-state index contributed by atoms with van der Waals surface area (Å²) in [4.78, 5) is 14.2. The monoisotopic (exact) mass is 589 g/mol. The van der Waals surface area contributed by atoms with E-state index in [0.717, 1.165) is 90.4 Å². The first-order valence-corrected chi connectivity index (χ1v) is 18.4. The van der Waals surface area contributed by atoms with Crippen LogP contribution in [0.1, 0.15) is 0 Å². The van der Waals surface area contributed by atoms with Crippen molar-refractivity contribution in [3.8, 4) is 28.3 Å². The van der Waals surface area contributed by atoms with Gasteiger partial charge in [0.05, 0.1) is 43.4 Å². The summed E-state index contributed by atoms with van der Waals surface area (Å²) < 4.78 is 33.4. The zero-order chi connectivity index (χ0) is 29.3. The molecule has 0 aliphatic carbocycles. The van der Waals surface area contributed by atoms with E-state index < -0.39 is 8.07 Å². The number of benzene rings is 2. The lowest BCUT2D eigenvalue weighted by Crippen LogP contribution is -2.56. The highest BCUT2D eigenvalue weighted by atomic mass is 28.3. The van der Waals surface area contributed by atoms with Gasteiger partial charge in [-0.2, -0.15) is 0 Å². The van der Waals surface area contributed by atoms with Gasteiger partial charge in [0.1, 0.15) is 30.3 Å². The number of methoxy groups -OCH3 is 1. The molecule has 8 nitrogen and oxygen atoms in total. The largest absolute Gasteiger partial charge is 0.495 e. The van der Waals surface area contributed by atoms with Gasteiger partial charge in [0.2, 0.25) is 0 Å². The van der Waals surface area contributed by atoms with Gasteiger partial charge >= 0.3 is 0 Å². The fourth-order valence-corrected chi connectivity index (χ4v) is 6.42. The SMILES string of the molecule is COc1cc(-c2cc3c(-c4ccc(F)cc4)ncnc3n2COCC[Si](C)(C)C)ccc1N1CCN(C2COC2)CC1. The highest BCUT2D eigenvalue weighted by Gasteiger charge is 2.30. The summed E-state index contributed by atoms with van der Waals surface area (Å²) in [6.07, 6.45) is 1.57. The third-order valence-corrected chi connectivity index (χ3v) is 10.00. The third-order valence-electron chi connectivity index (χ3n) is 8.29. The Balaban J connectivity index is 1.34. The number of ether oxygens (including phenoxy) is 3. The Labute approximate surface area is 248 Å². The fourth-order valence-electron chi connectivity index (χ4n) is 5.67. The molecule has 2 aliphatic heterocycles. The number of hydrogen-bond donors (Lipinski definition) is 0. The minimum absolute atomic E-state index is 0.274. The number of piperazine rings is 1. The van der Waals surface area contributed by atoms with E-state index in [4.69, 9.17) is 14.2 Å². The van der Waals surface area contributed by atoms with E-state index in [0.29, 0.717) is 19.4 Å². The molecule has 2 aromatic heterocycles. The second-order valence-electron chi connectivity index (χ2n) is 12.4. The van der Waals surface area contributed by atoms with Crippen molar-refractivity contribution in [3.63, 3.8) is 0 Å². The minimum Gasteiger partial charge on any atom is -0.495 e. The van der Waals surface area contributed by atoms with Gasteiger partial charge in [0, 0.05) is 57.4 Å². The summed E-state index contributed by atoms with van der Waals surface area (Å²) >= 11 is 0. The standard InChI is InChI=1S/C32H40FN5O3Si/c1-39-30-17-24(7-10-28(30)37-13-11-36(12-14-37)26-19-41-20-26)29-18-27-31(23-5-8-25(33)9-6-23)34-21-35-32(27)38(29)22-40-15-16-42(2,3)4/h5-10,17-18,21,26H,11-16,19-20,22H2,1-4H3. The van der Waals surface area contributed by atoms with E-state index in [1.807, 2.05) is 0 Å². The highest BCUT2D eigenvalue weighted by Crippen LogP contribution is 2.38. The topological polar surface area (TPSA) is 64.9 Å². The Morgan fingerprint density at radius 3 is 2.36 bits per heavy atom. The highest BCUT2D eigenvalue weighted by molar-refractivity contribution is 6.76. The van der Waals surface area contributed by atoms with Gasteiger partial charge < -0.3 is 23.7 Å². The maximum atomic E-state index is 13.7. The molecule has 2 saturated heterocycles. The van der Waals surface area contributed by atoms with Crippen LogP contribution in [0.2, 0.25) is 25.7 Å². The fraction of sp³-hybridized carbons (Fsp3) is 0.438. The molecule has 222 valence electrons. The van der Waals surface area contributed by atoms with Gasteiger partial charge in [0.25, 0.3) is 0 Å². The lowest BCUT2D eigenvalue weighted by Gasteiger charge is -2.43. The summed E-state index contributed by atoms with van der Waals surface area (Å²) in [6.45, 7) is 13.8. The molecule has 0 unspecified atom stereocenters. The Hall–Kier alpha value is -3.31. The molecular weight excluding hydrogens is 549 g/mol. The van der Waals surface area contributed by atoms with Crippen LogP contribution in [0.25, 0.3) is 33.5 Å². The number of aromatic nitrogens is 3. The molecule has 2 aromatic carbocycles. The Bertz CT molecular complexity index is 1530. The normalized spacial score (nSPS) is 16.6. The second kappa shape index (κ2) is 12.1. The summed E-state index contributed by atoms with van der Waals surface area (Å²) in [7, 11) is 0.500. The van der Waals surface area contributed by atoms with E-state index in [1.54, 1.807) is 25.6 Å². The average molecular weight is 590 g/mol. The van der Waals surface area contributed by atoms with Crippen molar-refractivity contribution in [1.82, 2.24) is 19.4 Å². The maximum Gasteiger partial charge on any atom is 0.146 e. The number of halogens is 1. The molecule has 0 bridgehead atoms. The predicted octanol–water partition coefficient (Wildman–Crippen LogP) is 5.75. The molecule has 0 atom stereocenters. The number of nitrogens with zero attached hydrogens (tertiary/aromatic N) is 5. The molecule has 10 heteroatoms. The van der Waals surface area contributed by atoms with E-state index in [-0.39, 0.29) is 5.82 Å². The molecule has 4 heterocycles. The van der Waals surface area contributed by atoms with Crippen LogP contribution >= 0.6 is 0 Å². The van der Waals surface area contributed by atoms with Crippen molar-refractivity contribution in [2.24, 2.45) is 0 Å². The average Bonchev–Trinajstić information content (AvgIpc) is 3.33.